The van der Waals surface area contributed by atoms with Crippen molar-refractivity contribution in [1.82, 2.24) is 0 Å². The summed E-state index contributed by atoms with van der Waals surface area (Å²) in [6.07, 6.45) is 7.12. The van der Waals surface area contributed by atoms with Gasteiger partial charge in [0.25, 0.3) is 0 Å². The Bertz CT molecular complexity index is 538. The van der Waals surface area contributed by atoms with Crippen LogP contribution in [0.2, 0.25) is 0 Å². The Morgan fingerprint density at radius 1 is 1.27 bits per heavy atom. The largest absolute Gasteiger partial charge is 0.354 e. The lowest BCUT2D eigenvalue weighted by atomic mass is 9.96. The molecule has 1 unspecified atom stereocenters. The molecule has 2 rings (SSSR count). The molecule has 1 aliphatic heterocycles. The van der Waals surface area contributed by atoms with E-state index in [1.54, 1.807) is 12.1 Å². The molecule has 1 saturated heterocycles. The maximum Gasteiger partial charge on any atom is 0.129 e. The van der Waals surface area contributed by atoms with Gasteiger partial charge in [-0.05, 0) is 56.4 Å². The first-order valence-electron chi connectivity index (χ1n) is 8.41. The van der Waals surface area contributed by atoms with Crippen LogP contribution in [0.4, 0.5) is 10.1 Å². The molecule has 122 valence electrons. The number of quaternary nitrogens is 1. The number of likely N-dealkylation sites (tertiary alicyclic amines) is 1. The number of anilines is 1. The van der Waals surface area contributed by atoms with Gasteiger partial charge in [0, 0.05) is 12.1 Å². The number of allylic oxidation sites excluding steroid dienone is 1. The predicted octanol–water partition coefficient (Wildman–Crippen LogP) is 4.78. The van der Waals surface area contributed by atoms with E-state index < -0.39 is 0 Å². The number of piperidine rings is 1. The predicted molar refractivity (Wildman–Crippen MR) is 92.5 cm³/mol. The molecular formula is C19H30FN2+. The van der Waals surface area contributed by atoms with Crippen LogP contribution in [0.3, 0.4) is 0 Å². The molecule has 22 heavy (non-hydrogen) atoms. The maximum atomic E-state index is 13.5. The molecule has 1 aromatic rings. The molecule has 0 aromatic heterocycles. The Labute approximate surface area is 134 Å². The van der Waals surface area contributed by atoms with Crippen LogP contribution in [-0.4, -0.2) is 31.2 Å². The molecule has 1 heterocycles. The summed E-state index contributed by atoms with van der Waals surface area (Å²) in [5, 5.41) is 3.65. The van der Waals surface area contributed by atoms with Crippen molar-refractivity contribution in [2.24, 2.45) is 0 Å². The quantitative estimate of drug-likeness (QED) is 0.790. The van der Waals surface area contributed by atoms with Crippen molar-refractivity contribution in [3.8, 4) is 0 Å². The van der Waals surface area contributed by atoms with Crippen molar-refractivity contribution in [2.75, 3.05) is 26.0 Å². The Kier molecular flexibility index (Phi) is 5.28. The van der Waals surface area contributed by atoms with E-state index >= 15 is 0 Å². The van der Waals surface area contributed by atoms with Gasteiger partial charge in [0.15, 0.2) is 0 Å². The van der Waals surface area contributed by atoms with E-state index in [1.165, 1.54) is 31.5 Å². The Balaban J connectivity index is 2.32. The number of likely N-dealkylation sites (N-methyl/N-ethyl adjacent to an activating group) is 1. The van der Waals surface area contributed by atoms with Crippen molar-refractivity contribution in [2.45, 2.75) is 52.5 Å². The molecule has 0 amide bonds. The van der Waals surface area contributed by atoms with Crippen LogP contribution in [0.5, 0.6) is 0 Å². The van der Waals surface area contributed by atoms with Crippen LogP contribution in [0.25, 0.3) is 0 Å². The van der Waals surface area contributed by atoms with E-state index in [0.29, 0.717) is 6.04 Å². The van der Waals surface area contributed by atoms with Gasteiger partial charge >= 0.3 is 0 Å². The summed E-state index contributed by atoms with van der Waals surface area (Å²) < 4.78 is 14.6. The highest BCUT2D eigenvalue weighted by Crippen LogP contribution is 2.30. The molecule has 3 heteroatoms. The minimum absolute atomic E-state index is 0.157. The minimum atomic E-state index is -0.157. The summed E-state index contributed by atoms with van der Waals surface area (Å²) in [6.45, 7) is 7.34. The molecule has 1 aliphatic rings. The molecule has 1 N–H and O–H groups in total. The smallest absolute Gasteiger partial charge is 0.129 e. The first-order chi connectivity index (χ1) is 10.3. The first kappa shape index (κ1) is 17.0. The molecular weight excluding hydrogens is 275 g/mol. The van der Waals surface area contributed by atoms with Crippen LogP contribution in [0.1, 0.15) is 43.7 Å². The van der Waals surface area contributed by atoms with Gasteiger partial charge in [-0.1, -0.05) is 13.0 Å². The zero-order valence-electron chi connectivity index (χ0n) is 14.7. The molecule has 1 fully saturated rings. The summed E-state index contributed by atoms with van der Waals surface area (Å²) in [7, 11) is 4.64. The fourth-order valence-corrected chi connectivity index (χ4v) is 3.64. The lowest BCUT2D eigenvalue weighted by Gasteiger charge is -2.43. The standard InChI is InChI=1S/C19H30FN2/c1-6-9-17(18-10-7-8-11-22(18,4)5)21-19-14(2)12-16(20)13-15(19)3/h9,12-13,18,21H,6-8,10-11H2,1-5H3/q+1. The number of hydrogen-bond acceptors (Lipinski definition) is 1. The second-order valence-corrected chi connectivity index (χ2v) is 7.12. The number of halogens is 1. The van der Waals surface area contributed by atoms with Gasteiger partial charge in [0.05, 0.1) is 26.3 Å². The molecule has 0 saturated carbocycles. The van der Waals surface area contributed by atoms with Gasteiger partial charge in [-0.25, -0.2) is 4.39 Å². The van der Waals surface area contributed by atoms with Crippen LogP contribution in [0.15, 0.2) is 23.9 Å². The van der Waals surface area contributed by atoms with E-state index in [9.17, 15) is 4.39 Å². The van der Waals surface area contributed by atoms with Gasteiger partial charge in [0.1, 0.15) is 11.9 Å². The number of hydrogen-bond donors (Lipinski definition) is 1. The van der Waals surface area contributed by atoms with Crippen LogP contribution in [-0.2, 0) is 0 Å². The highest BCUT2D eigenvalue weighted by Gasteiger charge is 2.34. The summed E-state index contributed by atoms with van der Waals surface area (Å²) in [6, 6.07) is 3.72. The summed E-state index contributed by atoms with van der Waals surface area (Å²) in [4.78, 5) is 0. The van der Waals surface area contributed by atoms with Crippen molar-refractivity contribution in [3.63, 3.8) is 0 Å². The highest BCUT2D eigenvalue weighted by atomic mass is 19.1. The minimum Gasteiger partial charge on any atom is -0.354 e. The van der Waals surface area contributed by atoms with Crippen molar-refractivity contribution in [1.29, 1.82) is 0 Å². The molecule has 0 bridgehead atoms. The summed E-state index contributed by atoms with van der Waals surface area (Å²) in [5.41, 5.74) is 4.30. The average molecular weight is 305 g/mol. The van der Waals surface area contributed by atoms with Crippen molar-refractivity contribution >= 4 is 5.69 Å². The third kappa shape index (κ3) is 3.70. The van der Waals surface area contributed by atoms with Gasteiger partial charge in [0.2, 0.25) is 0 Å². The monoisotopic (exact) mass is 305 g/mol. The van der Waals surface area contributed by atoms with Crippen LogP contribution in [0, 0.1) is 19.7 Å². The number of aryl methyl sites for hydroxylation is 2. The zero-order valence-corrected chi connectivity index (χ0v) is 14.7. The zero-order chi connectivity index (χ0) is 16.3. The van der Waals surface area contributed by atoms with E-state index in [-0.39, 0.29) is 5.82 Å². The first-order valence-corrected chi connectivity index (χ1v) is 8.41. The lowest BCUT2D eigenvalue weighted by Crippen LogP contribution is -2.53. The molecule has 0 aliphatic carbocycles. The van der Waals surface area contributed by atoms with Crippen molar-refractivity contribution < 1.29 is 8.87 Å². The Hall–Kier alpha value is -1.35. The van der Waals surface area contributed by atoms with Crippen molar-refractivity contribution in [3.05, 3.63) is 40.8 Å². The fraction of sp³-hybridized carbons (Fsp3) is 0.579. The molecule has 1 atom stereocenters. The highest BCUT2D eigenvalue weighted by molar-refractivity contribution is 5.60. The SMILES string of the molecule is CCC=C(Nc1c(C)cc(F)cc1C)C1CCCC[N+]1(C)C. The topological polar surface area (TPSA) is 12.0 Å². The van der Waals surface area contributed by atoms with Crippen LogP contribution >= 0.6 is 0 Å². The fourth-order valence-electron chi connectivity index (χ4n) is 3.64. The van der Waals surface area contributed by atoms with E-state index in [0.717, 1.165) is 27.7 Å². The van der Waals surface area contributed by atoms with E-state index in [4.69, 9.17) is 0 Å². The molecule has 0 spiro atoms. The molecule has 1 aromatic carbocycles. The van der Waals surface area contributed by atoms with E-state index in [1.807, 2.05) is 13.8 Å². The number of nitrogens with one attached hydrogen (secondary N) is 1. The van der Waals surface area contributed by atoms with Gasteiger partial charge in [-0.15, -0.1) is 0 Å². The number of rotatable bonds is 4. The Morgan fingerprint density at radius 3 is 2.45 bits per heavy atom. The lowest BCUT2D eigenvalue weighted by molar-refractivity contribution is -0.914. The normalized spacial score (nSPS) is 21.7. The van der Waals surface area contributed by atoms with Crippen LogP contribution < -0.4 is 5.32 Å². The number of nitrogens with zero attached hydrogens (tertiary/aromatic N) is 1. The molecule has 2 nitrogen and oxygen atoms in total. The van der Waals surface area contributed by atoms with Gasteiger partial charge in [-0.2, -0.15) is 0 Å². The summed E-state index contributed by atoms with van der Waals surface area (Å²) in [5.74, 6) is -0.157. The third-order valence-corrected chi connectivity index (χ3v) is 4.86. The second kappa shape index (κ2) is 6.82. The maximum absolute atomic E-state index is 13.5. The van der Waals surface area contributed by atoms with Gasteiger partial charge < -0.3 is 9.80 Å². The number of benzene rings is 1. The third-order valence-electron chi connectivity index (χ3n) is 4.86. The van der Waals surface area contributed by atoms with Gasteiger partial charge in [-0.3, -0.25) is 0 Å². The van der Waals surface area contributed by atoms with E-state index in [2.05, 4.69) is 32.4 Å². The summed E-state index contributed by atoms with van der Waals surface area (Å²) >= 11 is 0. The second-order valence-electron chi connectivity index (χ2n) is 7.12. The Morgan fingerprint density at radius 2 is 1.91 bits per heavy atom. The molecule has 0 radical (unpaired) electrons. The average Bonchev–Trinajstić information content (AvgIpc) is 2.41.